The van der Waals surface area contributed by atoms with Crippen LogP contribution >= 0.6 is 0 Å². The van der Waals surface area contributed by atoms with Crippen molar-refractivity contribution in [3.05, 3.63) is 95.2 Å². The SMILES string of the molecule is CCNc1ncc(-c2cncc(S(N)(=O)=O)c2)c(NC(CC)c2nc3cccc(F)c3c(=O)n2-c2ccccc2)n1. The number of aromatic nitrogens is 5. The summed E-state index contributed by atoms with van der Waals surface area (Å²) in [6.45, 7) is 4.36. The fourth-order valence-corrected chi connectivity index (χ4v) is 4.95. The maximum absolute atomic E-state index is 14.8. The summed E-state index contributed by atoms with van der Waals surface area (Å²) in [5, 5.41) is 11.7. The van der Waals surface area contributed by atoms with Crippen LogP contribution in [0, 0.1) is 5.82 Å². The fraction of sp³-hybridized carbons (Fsp3) is 0.179. The number of halogens is 1. The molecule has 0 aliphatic rings. The number of nitrogens with zero attached hydrogens (tertiary/aromatic N) is 5. The molecule has 5 rings (SSSR count). The Morgan fingerprint density at radius 2 is 1.80 bits per heavy atom. The van der Waals surface area contributed by atoms with Crippen LogP contribution < -0.4 is 21.3 Å². The van der Waals surface area contributed by atoms with Crippen molar-refractivity contribution in [2.45, 2.75) is 31.2 Å². The van der Waals surface area contributed by atoms with Gasteiger partial charge in [-0.15, -0.1) is 0 Å². The van der Waals surface area contributed by atoms with E-state index in [9.17, 15) is 17.6 Å². The lowest BCUT2D eigenvalue weighted by Gasteiger charge is -2.23. The van der Waals surface area contributed by atoms with Gasteiger partial charge in [-0.25, -0.2) is 27.9 Å². The van der Waals surface area contributed by atoms with Crippen LogP contribution in [0.15, 0.2) is 82.9 Å². The lowest BCUT2D eigenvalue weighted by molar-refractivity contribution is 0.597. The minimum Gasteiger partial charge on any atom is -0.359 e. The van der Waals surface area contributed by atoms with Gasteiger partial charge in [-0.2, -0.15) is 4.98 Å². The van der Waals surface area contributed by atoms with Crippen molar-refractivity contribution in [1.82, 2.24) is 24.5 Å². The fourth-order valence-electron chi connectivity index (χ4n) is 4.45. The summed E-state index contributed by atoms with van der Waals surface area (Å²) in [6.07, 6.45) is 4.63. The average molecular weight is 575 g/mol. The van der Waals surface area contributed by atoms with Crippen molar-refractivity contribution in [3.63, 3.8) is 0 Å². The molecule has 5 aromatic rings. The summed E-state index contributed by atoms with van der Waals surface area (Å²) < 4.78 is 40.2. The quantitative estimate of drug-likeness (QED) is 0.236. The smallest absolute Gasteiger partial charge is 0.269 e. The van der Waals surface area contributed by atoms with E-state index in [4.69, 9.17) is 10.1 Å². The van der Waals surface area contributed by atoms with Crippen LogP contribution in [0.3, 0.4) is 0 Å². The van der Waals surface area contributed by atoms with Crippen LogP contribution in [0.4, 0.5) is 16.2 Å². The lowest BCUT2D eigenvalue weighted by Crippen LogP contribution is -2.29. The van der Waals surface area contributed by atoms with Gasteiger partial charge in [-0.1, -0.05) is 31.2 Å². The first kappa shape index (κ1) is 27.8. The molecule has 1 atom stereocenters. The van der Waals surface area contributed by atoms with Crippen molar-refractivity contribution in [2.24, 2.45) is 5.14 Å². The second kappa shape index (κ2) is 11.4. The zero-order valence-corrected chi connectivity index (χ0v) is 23.1. The topological polar surface area (TPSA) is 158 Å². The Morgan fingerprint density at radius 1 is 1.02 bits per heavy atom. The van der Waals surface area contributed by atoms with E-state index in [2.05, 4.69) is 25.6 Å². The number of hydrogen-bond donors (Lipinski definition) is 3. The van der Waals surface area contributed by atoms with Gasteiger partial charge in [0.05, 0.1) is 17.2 Å². The molecule has 0 fully saturated rings. The molecule has 4 N–H and O–H groups in total. The largest absolute Gasteiger partial charge is 0.359 e. The van der Waals surface area contributed by atoms with E-state index in [1.54, 1.807) is 30.3 Å². The van der Waals surface area contributed by atoms with E-state index in [1.165, 1.54) is 35.2 Å². The lowest BCUT2D eigenvalue weighted by atomic mass is 10.1. The van der Waals surface area contributed by atoms with Crippen LogP contribution in [0.2, 0.25) is 0 Å². The average Bonchev–Trinajstić information content (AvgIpc) is 2.96. The molecule has 2 aromatic carbocycles. The molecule has 0 spiro atoms. The summed E-state index contributed by atoms with van der Waals surface area (Å²) in [4.78, 5) is 31.3. The number of anilines is 2. The van der Waals surface area contributed by atoms with Crippen LogP contribution in [-0.2, 0) is 10.0 Å². The predicted molar refractivity (Wildman–Crippen MR) is 155 cm³/mol. The van der Waals surface area contributed by atoms with Crippen LogP contribution in [-0.4, -0.2) is 39.5 Å². The number of nitrogens with two attached hydrogens (primary N) is 1. The highest BCUT2D eigenvalue weighted by Crippen LogP contribution is 2.32. The molecule has 0 saturated heterocycles. The van der Waals surface area contributed by atoms with Crippen LogP contribution in [0.5, 0.6) is 0 Å². The van der Waals surface area contributed by atoms with Crippen molar-refractivity contribution in [1.29, 1.82) is 0 Å². The van der Waals surface area contributed by atoms with Crippen molar-refractivity contribution in [2.75, 3.05) is 17.2 Å². The molecule has 0 saturated carbocycles. The highest BCUT2D eigenvalue weighted by Gasteiger charge is 2.24. The molecular weight excluding hydrogens is 547 g/mol. The second-order valence-corrected chi connectivity index (χ2v) is 10.7. The first-order chi connectivity index (χ1) is 19.7. The minimum absolute atomic E-state index is 0.113. The Hall–Kier alpha value is -4.75. The van der Waals surface area contributed by atoms with E-state index in [1.807, 2.05) is 19.9 Å². The van der Waals surface area contributed by atoms with Gasteiger partial charge in [-0.3, -0.25) is 14.3 Å². The third-order valence-corrected chi connectivity index (χ3v) is 7.27. The summed E-state index contributed by atoms with van der Waals surface area (Å²) in [7, 11) is -4.01. The van der Waals surface area contributed by atoms with E-state index in [0.29, 0.717) is 47.4 Å². The molecule has 0 aliphatic heterocycles. The first-order valence-electron chi connectivity index (χ1n) is 12.8. The monoisotopic (exact) mass is 574 g/mol. The molecule has 11 nitrogen and oxygen atoms in total. The van der Waals surface area contributed by atoms with Gasteiger partial charge >= 0.3 is 0 Å². The van der Waals surface area contributed by atoms with Crippen LogP contribution in [0.25, 0.3) is 27.7 Å². The number of hydrogen-bond acceptors (Lipinski definition) is 9. The zero-order valence-electron chi connectivity index (χ0n) is 22.2. The van der Waals surface area contributed by atoms with E-state index >= 15 is 0 Å². The van der Waals surface area contributed by atoms with Crippen LogP contribution in [0.1, 0.15) is 32.1 Å². The van der Waals surface area contributed by atoms with Gasteiger partial charge < -0.3 is 10.6 Å². The van der Waals surface area contributed by atoms with Gasteiger partial charge in [0.1, 0.15) is 27.7 Å². The third-order valence-electron chi connectivity index (χ3n) is 6.39. The summed E-state index contributed by atoms with van der Waals surface area (Å²) >= 11 is 0. The van der Waals surface area contributed by atoms with Gasteiger partial charge in [0.15, 0.2) is 0 Å². The number of para-hydroxylation sites is 1. The number of fused-ring (bicyclic) bond motifs is 1. The van der Waals surface area contributed by atoms with Crippen molar-refractivity contribution < 1.29 is 12.8 Å². The molecular formula is C28H27FN8O3S. The molecule has 0 bridgehead atoms. The second-order valence-electron chi connectivity index (χ2n) is 9.13. The number of pyridine rings is 1. The summed E-state index contributed by atoms with van der Waals surface area (Å²) in [5.41, 5.74) is 1.05. The number of sulfonamides is 1. The standard InChI is InChI=1S/C28H27FN8O3S/c1-3-22(26-35-23-12-8-11-21(29)24(23)27(38)37(26)18-9-6-5-7-10-18)34-25-20(16-33-28(36-25)32-4-2)17-13-19(15-31-14-17)41(30,39)40/h5-16,22H,3-4H2,1-2H3,(H2,30,39,40)(H2,32,33,34,36). The first-order valence-corrected chi connectivity index (χ1v) is 14.4. The molecule has 13 heteroatoms. The maximum atomic E-state index is 14.8. The third kappa shape index (κ3) is 5.62. The van der Waals surface area contributed by atoms with Gasteiger partial charge in [0.2, 0.25) is 16.0 Å². The molecule has 0 amide bonds. The van der Waals surface area contributed by atoms with E-state index < -0.39 is 27.4 Å². The molecule has 3 aromatic heterocycles. The van der Waals surface area contributed by atoms with Gasteiger partial charge in [0.25, 0.3) is 5.56 Å². The molecule has 0 radical (unpaired) electrons. The predicted octanol–water partition coefficient (Wildman–Crippen LogP) is 4.02. The van der Waals surface area contributed by atoms with E-state index in [0.717, 1.165) is 6.20 Å². The molecule has 0 aliphatic carbocycles. The van der Waals surface area contributed by atoms with Gasteiger partial charge in [0, 0.05) is 36.3 Å². The number of primary sulfonamides is 1. The zero-order chi connectivity index (χ0) is 29.1. The van der Waals surface area contributed by atoms with Crippen molar-refractivity contribution in [3.8, 4) is 16.8 Å². The normalized spacial score (nSPS) is 12.3. The van der Waals surface area contributed by atoms with Gasteiger partial charge in [-0.05, 0) is 43.7 Å². The summed E-state index contributed by atoms with van der Waals surface area (Å²) in [6, 6.07) is 14.0. The number of nitrogens with one attached hydrogen (secondary N) is 2. The maximum Gasteiger partial charge on any atom is 0.269 e. The Labute approximate surface area is 235 Å². The molecule has 3 heterocycles. The molecule has 210 valence electrons. The number of rotatable bonds is 9. The highest BCUT2D eigenvalue weighted by molar-refractivity contribution is 7.89. The summed E-state index contributed by atoms with van der Waals surface area (Å²) in [5.74, 6) is 0.350. The van der Waals surface area contributed by atoms with Crippen molar-refractivity contribution >= 4 is 32.7 Å². The Balaban J connectivity index is 1.70. The molecule has 41 heavy (non-hydrogen) atoms. The molecule has 1 unspecified atom stereocenters. The Morgan fingerprint density at radius 3 is 2.51 bits per heavy atom. The van der Waals surface area contributed by atoms with E-state index in [-0.39, 0.29) is 15.8 Å². The Kier molecular flexibility index (Phi) is 7.72. The number of benzene rings is 2. The minimum atomic E-state index is -4.01. The highest BCUT2D eigenvalue weighted by atomic mass is 32.2. The Bertz CT molecular complexity index is 1900.